The first-order chi connectivity index (χ1) is 14.4. The number of aryl methyl sites for hydroxylation is 1. The molecule has 0 spiro atoms. The number of fused-ring (bicyclic) bond motifs is 1. The van der Waals surface area contributed by atoms with E-state index in [-0.39, 0.29) is 21.6 Å². The molecule has 1 unspecified atom stereocenters. The van der Waals surface area contributed by atoms with Gasteiger partial charge in [0.2, 0.25) is 10.9 Å². The van der Waals surface area contributed by atoms with Crippen LogP contribution in [0.2, 0.25) is 0 Å². The Morgan fingerprint density at radius 2 is 2.13 bits per heavy atom. The molecule has 0 radical (unpaired) electrons. The van der Waals surface area contributed by atoms with Gasteiger partial charge in [-0.3, -0.25) is 14.5 Å². The van der Waals surface area contributed by atoms with Crippen LogP contribution in [0.5, 0.6) is 0 Å². The molecule has 1 saturated heterocycles. The van der Waals surface area contributed by atoms with Crippen molar-refractivity contribution in [2.24, 2.45) is 7.05 Å². The fraction of sp³-hybridized carbons (Fsp3) is 0.350. The third-order valence-electron chi connectivity index (χ3n) is 5.29. The summed E-state index contributed by atoms with van der Waals surface area (Å²) in [6.45, 7) is 5.67. The van der Waals surface area contributed by atoms with E-state index >= 15 is 0 Å². The molecule has 30 heavy (non-hydrogen) atoms. The van der Waals surface area contributed by atoms with Gasteiger partial charge >= 0.3 is 0 Å². The highest BCUT2D eigenvalue weighted by Crippen LogP contribution is 2.55. The Labute approximate surface area is 182 Å². The van der Waals surface area contributed by atoms with Gasteiger partial charge in [-0.2, -0.15) is 0 Å². The molecule has 3 atom stereocenters. The molecule has 2 aliphatic heterocycles. The highest BCUT2D eigenvalue weighted by atomic mass is 32.2. The van der Waals surface area contributed by atoms with Crippen molar-refractivity contribution >= 4 is 35.2 Å². The summed E-state index contributed by atoms with van der Waals surface area (Å²) < 4.78 is 7.13. The summed E-state index contributed by atoms with van der Waals surface area (Å²) in [5.41, 5.74) is 0.703. The molecule has 10 heteroatoms. The third-order valence-corrected chi connectivity index (χ3v) is 8.49. The summed E-state index contributed by atoms with van der Waals surface area (Å²) in [7, 11) is 3.29. The van der Waals surface area contributed by atoms with E-state index in [0.29, 0.717) is 22.8 Å². The molecule has 1 fully saturated rings. The van der Waals surface area contributed by atoms with Gasteiger partial charge in [-0.25, -0.2) is 4.68 Å². The number of carbonyl (C=O) groups is 2. The Morgan fingerprint density at radius 1 is 1.40 bits per heavy atom. The second kappa shape index (κ2) is 8.01. The van der Waals surface area contributed by atoms with Gasteiger partial charge in [0.1, 0.15) is 5.37 Å². The van der Waals surface area contributed by atoms with E-state index in [0.717, 1.165) is 5.57 Å². The monoisotopic (exact) mass is 443 g/mol. The number of methoxy groups -OCH3 is 1. The SMILES string of the molecule is C=CC[C@@]1(OC)C(=O)N2C(C(=O)c3ccccc3)=C(C)C(Sc3nnnn3C)S[C@@H]21. The lowest BCUT2D eigenvalue weighted by molar-refractivity contribution is -0.180. The summed E-state index contributed by atoms with van der Waals surface area (Å²) in [4.78, 5) is 28.2. The largest absolute Gasteiger partial charge is 0.365 e. The lowest BCUT2D eigenvalue weighted by Gasteiger charge is -2.57. The minimum atomic E-state index is -1.04. The van der Waals surface area contributed by atoms with E-state index in [2.05, 4.69) is 22.1 Å². The van der Waals surface area contributed by atoms with Crippen molar-refractivity contribution in [1.82, 2.24) is 25.1 Å². The Hall–Kier alpha value is -2.43. The van der Waals surface area contributed by atoms with E-state index in [1.54, 1.807) is 46.6 Å². The maximum Gasteiger partial charge on any atom is 0.263 e. The molecule has 1 aromatic heterocycles. The molecule has 4 rings (SSSR count). The number of benzene rings is 1. The molecule has 0 N–H and O–H groups in total. The van der Waals surface area contributed by atoms with Gasteiger partial charge in [0.25, 0.3) is 5.91 Å². The zero-order valence-corrected chi connectivity index (χ0v) is 18.4. The van der Waals surface area contributed by atoms with Crippen LogP contribution in [0.4, 0.5) is 0 Å². The molecule has 1 amide bonds. The lowest BCUT2D eigenvalue weighted by atomic mass is 9.85. The predicted octanol–water partition coefficient (Wildman–Crippen LogP) is 2.66. The van der Waals surface area contributed by atoms with Crippen molar-refractivity contribution in [3.8, 4) is 0 Å². The average Bonchev–Trinajstić information content (AvgIpc) is 3.17. The number of β-lactam (4-membered cyclic amide) rings is 1. The zero-order valence-electron chi connectivity index (χ0n) is 16.8. The van der Waals surface area contributed by atoms with Crippen molar-refractivity contribution in [2.45, 2.75) is 34.1 Å². The average molecular weight is 444 g/mol. The maximum absolute atomic E-state index is 13.4. The third kappa shape index (κ3) is 3.10. The van der Waals surface area contributed by atoms with Gasteiger partial charge in [-0.1, -0.05) is 48.2 Å². The molecular formula is C20H21N5O3S2. The van der Waals surface area contributed by atoms with Gasteiger partial charge in [0.05, 0.1) is 10.3 Å². The van der Waals surface area contributed by atoms with Crippen LogP contribution >= 0.6 is 23.5 Å². The summed E-state index contributed by atoms with van der Waals surface area (Å²) in [6.07, 6.45) is 2.04. The number of Topliss-reactive ketones (excluding diaryl/α,β-unsaturated/α-hetero) is 1. The number of tetrazole rings is 1. The molecule has 2 aromatic rings. The molecule has 0 aliphatic carbocycles. The number of nitrogens with zero attached hydrogens (tertiary/aromatic N) is 5. The number of hydrogen-bond donors (Lipinski definition) is 0. The smallest absolute Gasteiger partial charge is 0.263 e. The highest BCUT2D eigenvalue weighted by Gasteiger charge is 2.65. The summed E-state index contributed by atoms with van der Waals surface area (Å²) in [5.74, 6) is -0.401. The number of thioether (sulfide) groups is 2. The number of aromatic nitrogens is 4. The molecular weight excluding hydrogens is 422 g/mol. The first-order valence-corrected chi connectivity index (χ1v) is 11.1. The molecule has 1 aromatic carbocycles. The topological polar surface area (TPSA) is 90.2 Å². The van der Waals surface area contributed by atoms with Crippen molar-refractivity contribution in [3.05, 3.63) is 59.8 Å². The minimum absolute atomic E-state index is 0.161. The van der Waals surface area contributed by atoms with Crippen molar-refractivity contribution in [2.75, 3.05) is 7.11 Å². The van der Waals surface area contributed by atoms with Crippen LogP contribution < -0.4 is 0 Å². The van der Waals surface area contributed by atoms with Crippen LogP contribution in [-0.4, -0.2) is 59.5 Å². The normalized spacial score (nSPS) is 25.7. The second-order valence-electron chi connectivity index (χ2n) is 7.01. The minimum Gasteiger partial charge on any atom is -0.365 e. The predicted molar refractivity (Wildman–Crippen MR) is 115 cm³/mol. The molecule has 2 aliphatic rings. The maximum atomic E-state index is 13.4. The van der Waals surface area contributed by atoms with Crippen LogP contribution in [0.15, 0.2) is 59.4 Å². The molecule has 156 valence electrons. The first kappa shape index (κ1) is 20.8. The van der Waals surface area contributed by atoms with Gasteiger partial charge < -0.3 is 4.74 Å². The quantitative estimate of drug-likeness (QED) is 0.367. The van der Waals surface area contributed by atoms with Gasteiger partial charge in [-0.15, -0.1) is 23.4 Å². The van der Waals surface area contributed by atoms with Crippen LogP contribution in [0.1, 0.15) is 23.7 Å². The zero-order chi connectivity index (χ0) is 21.5. The molecule has 0 saturated carbocycles. The Morgan fingerprint density at radius 3 is 2.73 bits per heavy atom. The van der Waals surface area contributed by atoms with Gasteiger partial charge in [0.15, 0.2) is 5.60 Å². The first-order valence-electron chi connectivity index (χ1n) is 9.29. The van der Waals surface area contributed by atoms with Gasteiger partial charge in [-0.05, 0) is 22.9 Å². The summed E-state index contributed by atoms with van der Waals surface area (Å²) in [6, 6.07) is 8.99. The number of allylic oxidation sites excluding steroid dienone is 1. The van der Waals surface area contributed by atoms with E-state index in [1.807, 2.05) is 25.1 Å². The van der Waals surface area contributed by atoms with Crippen LogP contribution in [0.25, 0.3) is 0 Å². The van der Waals surface area contributed by atoms with E-state index in [9.17, 15) is 9.59 Å². The number of ether oxygens (including phenoxy) is 1. The number of carbonyl (C=O) groups excluding carboxylic acids is 2. The van der Waals surface area contributed by atoms with Crippen LogP contribution in [0.3, 0.4) is 0 Å². The van der Waals surface area contributed by atoms with Crippen LogP contribution in [-0.2, 0) is 16.6 Å². The summed E-state index contributed by atoms with van der Waals surface area (Å²) in [5, 5.41) is 11.9. The second-order valence-corrected chi connectivity index (χ2v) is 9.57. The Kier molecular flexibility index (Phi) is 5.56. The van der Waals surface area contributed by atoms with Crippen molar-refractivity contribution in [3.63, 3.8) is 0 Å². The van der Waals surface area contributed by atoms with Crippen molar-refractivity contribution in [1.29, 1.82) is 0 Å². The number of ketones is 1. The Balaban J connectivity index is 1.79. The fourth-order valence-corrected chi connectivity index (χ4v) is 6.63. The lowest BCUT2D eigenvalue weighted by Crippen LogP contribution is -2.74. The van der Waals surface area contributed by atoms with Crippen molar-refractivity contribution < 1.29 is 14.3 Å². The number of hydrogen-bond acceptors (Lipinski definition) is 8. The van der Waals surface area contributed by atoms with Gasteiger partial charge in [0, 0.05) is 26.1 Å². The molecule has 8 nitrogen and oxygen atoms in total. The van der Waals surface area contributed by atoms with E-state index < -0.39 is 5.60 Å². The van der Waals surface area contributed by atoms with E-state index in [4.69, 9.17) is 4.74 Å². The highest BCUT2D eigenvalue weighted by molar-refractivity contribution is 8.17. The summed E-state index contributed by atoms with van der Waals surface area (Å²) >= 11 is 3.02. The molecule has 3 heterocycles. The Bertz CT molecular complexity index is 1040. The standard InChI is InChI=1S/C20H21N5O3S2/c1-5-11-20(28-4)17(27)25-14(15(26)13-9-7-6-8-10-13)12(2)16(29-18(20)25)30-19-21-22-23-24(19)3/h5-10,16,18H,1,11H2,2-4H3/t16?,18-,20-/m1/s1. The molecule has 0 bridgehead atoms. The van der Waals surface area contributed by atoms with E-state index in [1.165, 1.54) is 18.9 Å². The fourth-order valence-electron chi connectivity index (χ4n) is 3.69. The number of rotatable bonds is 7. The van der Waals surface area contributed by atoms with Crippen LogP contribution in [0, 0.1) is 0 Å². The number of amides is 1.